The molecule has 0 aromatic carbocycles. The van der Waals surface area contributed by atoms with Gasteiger partial charge in [-0.1, -0.05) is 62.3 Å². The molecule has 0 aromatic rings. The van der Waals surface area contributed by atoms with Crippen molar-refractivity contribution in [2.24, 2.45) is 0 Å². The molecule has 0 fully saturated rings. The molecule has 0 saturated heterocycles. The molecule has 0 heterocycles. The summed E-state index contributed by atoms with van der Waals surface area (Å²) in [4.78, 5) is 37.6. The van der Waals surface area contributed by atoms with Crippen molar-refractivity contribution >= 4 is 18.1 Å². The Labute approximate surface area is 232 Å². The van der Waals surface area contributed by atoms with E-state index in [0.717, 1.165) is 0 Å². The van der Waals surface area contributed by atoms with Gasteiger partial charge in [0.15, 0.2) is 18.1 Å². The molecule has 0 aliphatic rings. The van der Waals surface area contributed by atoms with Crippen molar-refractivity contribution in [3.05, 3.63) is 29.8 Å². The van der Waals surface area contributed by atoms with Crippen LogP contribution in [0.15, 0.2) is 0 Å². The maximum atomic E-state index is 11.9. The number of carbonyl (C=O) groups excluding carboxylic acids is 3. The van der Waals surface area contributed by atoms with Crippen LogP contribution in [-0.4, -0.2) is 78.9 Å². The van der Waals surface area contributed by atoms with E-state index in [9.17, 15) is 14.4 Å². The van der Waals surface area contributed by atoms with E-state index >= 15 is 0 Å². The Bertz CT molecular complexity index is 517. The summed E-state index contributed by atoms with van der Waals surface area (Å²) in [6.45, 7) is 23.4. The van der Waals surface area contributed by atoms with Gasteiger partial charge in [-0.05, 0) is 55.9 Å². The minimum absolute atomic E-state index is 0. The van der Waals surface area contributed by atoms with Crippen LogP contribution in [0.25, 0.3) is 16.0 Å². The average molecular weight is 555 g/mol. The van der Waals surface area contributed by atoms with Gasteiger partial charge in [0.1, 0.15) is 0 Å². The van der Waals surface area contributed by atoms with E-state index in [4.69, 9.17) is 0 Å². The Morgan fingerprint density at radius 2 is 0.806 bits per heavy atom. The number of hydrogen-bond donors (Lipinski definition) is 3. The second-order valence-corrected chi connectivity index (χ2v) is 11.1. The van der Waals surface area contributed by atoms with Gasteiger partial charge in [0.2, 0.25) is 0 Å². The summed E-state index contributed by atoms with van der Waals surface area (Å²) in [5, 5.41) is 20.4. The molecule has 10 nitrogen and oxygen atoms in total. The Balaban J connectivity index is -0.000000970. The van der Waals surface area contributed by atoms with Gasteiger partial charge in [-0.15, -0.1) is 0 Å². The molecule has 3 N–H and O–H groups in total. The van der Waals surface area contributed by atoms with Crippen molar-refractivity contribution in [3.8, 4) is 0 Å². The quantitative estimate of drug-likeness (QED) is 0.252. The monoisotopic (exact) mass is 554 g/mol. The number of nitrogens with zero attached hydrogens (tertiary/aromatic N) is 4. The molecule has 0 rings (SSSR count). The first kappa shape index (κ1) is 41.4. The third-order valence-electron chi connectivity index (χ3n) is 3.46. The van der Waals surface area contributed by atoms with E-state index in [1.54, 1.807) is 0 Å². The molecule has 0 saturated carbocycles. The van der Waals surface area contributed by atoms with Crippen molar-refractivity contribution in [2.75, 3.05) is 39.3 Å². The van der Waals surface area contributed by atoms with Crippen LogP contribution in [0.5, 0.6) is 0 Å². The van der Waals surface area contributed by atoms with Crippen LogP contribution in [-0.2, 0) is 17.1 Å². The number of carbonyl (C=O) groups is 3. The number of nitrogens with one attached hydrogen (secondary N) is 3. The summed E-state index contributed by atoms with van der Waals surface area (Å²) in [6.07, 6.45) is 2.00. The van der Waals surface area contributed by atoms with Crippen molar-refractivity contribution < 1.29 is 31.5 Å². The molecule has 36 heavy (non-hydrogen) atoms. The van der Waals surface area contributed by atoms with Crippen molar-refractivity contribution in [2.45, 2.75) is 92.8 Å². The Morgan fingerprint density at radius 1 is 0.611 bits per heavy atom. The van der Waals surface area contributed by atoms with E-state index in [-0.39, 0.29) is 59.2 Å². The van der Waals surface area contributed by atoms with E-state index < -0.39 is 0 Å². The van der Waals surface area contributed by atoms with Crippen molar-refractivity contribution in [1.82, 2.24) is 20.9 Å². The smallest absolute Gasteiger partial charge is 0.444 e. The van der Waals surface area contributed by atoms with Crippen LogP contribution in [0.2, 0.25) is 0 Å². The largest absolute Gasteiger partial charge is 5.00 e. The molecule has 0 unspecified atom stereocenters. The minimum Gasteiger partial charge on any atom is -0.444 e. The minimum atomic E-state index is -0.365. The molecule has 0 spiro atoms. The van der Waals surface area contributed by atoms with E-state index in [0.29, 0.717) is 39.3 Å². The van der Waals surface area contributed by atoms with Gasteiger partial charge in [0.25, 0.3) is 0 Å². The summed E-state index contributed by atoms with van der Waals surface area (Å²) in [7, 11) is 0. The SMILES string of the molecule is CC(C)(C)NC(=O)[N-]CCN(CC[N-]C(=O)NC(C)(C)C)CC[N-]C(=O)NC(C)(C)C.C[CH-]C.[CH3-].[Fe+5]. The maximum absolute atomic E-state index is 11.9. The predicted octanol–water partition coefficient (Wildman–Crippen LogP) is 5.61. The molecule has 0 aliphatic heterocycles. The fourth-order valence-electron chi connectivity index (χ4n) is 2.30. The van der Waals surface area contributed by atoms with Gasteiger partial charge in [0.05, 0.1) is 0 Å². The van der Waals surface area contributed by atoms with E-state index in [2.05, 4.69) is 31.9 Å². The third kappa shape index (κ3) is 32.3. The predicted molar refractivity (Wildman–Crippen MR) is 148 cm³/mol. The van der Waals surface area contributed by atoms with Gasteiger partial charge in [0, 0.05) is 0 Å². The number of urea groups is 3. The molecule has 0 bridgehead atoms. The second kappa shape index (κ2) is 20.4. The molecule has 1 radical (unpaired) electrons. The molecule has 0 aromatic heterocycles. The zero-order chi connectivity index (χ0) is 27.0. The van der Waals surface area contributed by atoms with E-state index in [1.165, 1.54) is 0 Å². The summed E-state index contributed by atoms with van der Waals surface area (Å²) in [5.74, 6) is 0. The zero-order valence-corrected chi connectivity index (χ0v) is 25.8. The van der Waals surface area contributed by atoms with Crippen LogP contribution >= 0.6 is 0 Å². The van der Waals surface area contributed by atoms with Gasteiger partial charge in [-0.3, -0.25) is 14.4 Å². The Morgan fingerprint density at radius 3 is 0.972 bits per heavy atom. The molecule has 11 heteroatoms. The maximum Gasteiger partial charge on any atom is 5.00 e. The van der Waals surface area contributed by atoms with Gasteiger partial charge in [-0.25, -0.2) is 0 Å². The topological polar surface area (TPSA) is 133 Å². The number of rotatable bonds is 9. The molecular formula is C25H52FeN7O3. The summed E-state index contributed by atoms with van der Waals surface area (Å²) in [5.41, 5.74) is -1.05. The zero-order valence-electron chi connectivity index (χ0n) is 24.7. The van der Waals surface area contributed by atoms with Gasteiger partial charge >= 0.3 is 17.1 Å². The fraction of sp³-hybridized carbons (Fsp3) is 0.800. The third-order valence-corrected chi connectivity index (χ3v) is 3.46. The standard InChI is InChI=1S/C21H45N7O3.C3H7.CH3.Fe/c1-19(2,3)25-16(29)22-10-13-28(14-11-23-17(30)26-20(4,5)6)15-12-24-18(31)27-21(7,8)9;1-3-2;;/h10-15H2,1-9H3,(H6,22,23,24,25,26,27,29,30,31);3H,1-2H3;1H3;/q;2*-1;+5/p-3. The van der Waals surface area contributed by atoms with Crippen molar-refractivity contribution in [1.29, 1.82) is 0 Å². The molecule has 6 amide bonds. The second-order valence-electron chi connectivity index (χ2n) is 11.1. The first-order chi connectivity index (χ1) is 15.4. The molecule has 213 valence electrons. The van der Waals surface area contributed by atoms with Crippen molar-refractivity contribution in [3.63, 3.8) is 0 Å². The van der Waals surface area contributed by atoms with Crippen LogP contribution < -0.4 is 16.0 Å². The fourth-order valence-corrected chi connectivity index (χ4v) is 2.30. The summed E-state index contributed by atoms with van der Waals surface area (Å²) < 4.78 is 0. The number of hydrogen-bond acceptors (Lipinski definition) is 4. The molecule has 0 aliphatic carbocycles. The first-order valence-corrected chi connectivity index (χ1v) is 11.8. The van der Waals surface area contributed by atoms with Crippen LogP contribution in [0.1, 0.15) is 76.2 Å². The Kier molecular flexibility index (Phi) is 23.4. The summed E-state index contributed by atoms with van der Waals surface area (Å²) in [6, 6.07) is -1.09. The van der Waals surface area contributed by atoms with Gasteiger partial charge < -0.3 is 50.6 Å². The first-order valence-electron chi connectivity index (χ1n) is 11.8. The van der Waals surface area contributed by atoms with Crippen LogP contribution in [0.3, 0.4) is 0 Å². The average Bonchev–Trinajstić information content (AvgIpc) is 2.57. The molecular weight excluding hydrogens is 502 g/mol. The van der Waals surface area contributed by atoms with Gasteiger partial charge in [-0.2, -0.15) is 13.8 Å². The normalized spacial score (nSPS) is 11.0. The number of amides is 6. The van der Waals surface area contributed by atoms with Crippen LogP contribution in [0.4, 0.5) is 14.4 Å². The Hall–Kier alpha value is -1.71. The molecule has 0 atom stereocenters. The van der Waals surface area contributed by atoms with E-state index in [1.807, 2.05) is 87.5 Å². The summed E-state index contributed by atoms with van der Waals surface area (Å²) >= 11 is 0. The van der Waals surface area contributed by atoms with Crippen LogP contribution in [0, 0.1) is 13.8 Å².